The Hall–Kier alpha value is -1.99. The molecule has 1 amide bonds. The van der Waals surface area contributed by atoms with Gasteiger partial charge in [-0.3, -0.25) is 5.32 Å². The first-order valence-corrected chi connectivity index (χ1v) is 6.60. The van der Waals surface area contributed by atoms with E-state index in [9.17, 15) is 4.79 Å². The second kappa shape index (κ2) is 7.56. The molecule has 0 saturated carbocycles. The standard InChI is InChI=1S/C16H21NO3/c1-16(2,3)20-15(19)17-14-10-8-13(9-11-14)7-5-4-6-12-18/h8-11,18H,4,6,12H2,1-3H3,(H,17,19). The molecule has 0 spiro atoms. The number of ether oxygens (including phenoxy) is 1. The van der Waals surface area contributed by atoms with Gasteiger partial charge in [0.2, 0.25) is 0 Å². The van der Waals surface area contributed by atoms with Gasteiger partial charge in [-0.2, -0.15) is 0 Å². The predicted molar refractivity (Wildman–Crippen MR) is 79.5 cm³/mol. The minimum absolute atomic E-state index is 0.160. The van der Waals surface area contributed by atoms with E-state index in [0.717, 1.165) is 5.56 Å². The number of carbonyl (C=O) groups excluding carboxylic acids is 1. The summed E-state index contributed by atoms with van der Waals surface area (Å²) in [7, 11) is 0. The van der Waals surface area contributed by atoms with Crippen LogP contribution in [-0.4, -0.2) is 23.4 Å². The van der Waals surface area contributed by atoms with Crippen molar-refractivity contribution in [2.75, 3.05) is 11.9 Å². The number of amides is 1. The summed E-state index contributed by atoms with van der Waals surface area (Å²) in [4.78, 5) is 11.6. The van der Waals surface area contributed by atoms with Gasteiger partial charge in [-0.1, -0.05) is 11.8 Å². The third kappa shape index (κ3) is 6.81. The van der Waals surface area contributed by atoms with Crippen LogP contribution in [-0.2, 0) is 4.74 Å². The lowest BCUT2D eigenvalue weighted by Crippen LogP contribution is -2.27. The van der Waals surface area contributed by atoms with Crippen LogP contribution in [0.4, 0.5) is 10.5 Å². The van der Waals surface area contributed by atoms with Gasteiger partial charge in [-0.15, -0.1) is 0 Å². The molecule has 0 saturated heterocycles. The normalized spacial score (nSPS) is 10.4. The van der Waals surface area contributed by atoms with Gasteiger partial charge in [0, 0.05) is 24.3 Å². The van der Waals surface area contributed by atoms with Crippen LogP contribution < -0.4 is 5.32 Å². The highest BCUT2D eigenvalue weighted by atomic mass is 16.6. The molecule has 0 atom stereocenters. The molecule has 20 heavy (non-hydrogen) atoms. The Labute approximate surface area is 120 Å². The molecule has 2 N–H and O–H groups in total. The van der Waals surface area contributed by atoms with Crippen molar-refractivity contribution >= 4 is 11.8 Å². The summed E-state index contributed by atoms with van der Waals surface area (Å²) in [5.74, 6) is 5.97. The summed E-state index contributed by atoms with van der Waals surface area (Å²) >= 11 is 0. The second-order valence-corrected chi connectivity index (χ2v) is 5.33. The van der Waals surface area contributed by atoms with Gasteiger partial charge in [-0.25, -0.2) is 4.79 Å². The summed E-state index contributed by atoms with van der Waals surface area (Å²) < 4.78 is 5.16. The number of aliphatic hydroxyl groups is 1. The molecule has 108 valence electrons. The highest BCUT2D eigenvalue weighted by Gasteiger charge is 2.15. The third-order valence-electron chi connectivity index (χ3n) is 2.22. The lowest BCUT2D eigenvalue weighted by Gasteiger charge is -2.19. The largest absolute Gasteiger partial charge is 0.444 e. The molecule has 1 aromatic rings. The minimum atomic E-state index is -0.512. The molecule has 0 heterocycles. The fourth-order valence-electron chi connectivity index (χ4n) is 1.39. The Balaban J connectivity index is 2.53. The summed E-state index contributed by atoms with van der Waals surface area (Å²) in [6.45, 7) is 5.61. The van der Waals surface area contributed by atoms with E-state index >= 15 is 0 Å². The Morgan fingerprint density at radius 1 is 1.30 bits per heavy atom. The molecule has 4 nitrogen and oxygen atoms in total. The van der Waals surface area contributed by atoms with E-state index in [1.165, 1.54) is 0 Å². The highest BCUT2D eigenvalue weighted by molar-refractivity contribution is 5.84. The number of hydrogen-bond acceptors (Lipinski definition) is 3. The van der Waals surface area contributed by atoms with Gasteiger partial charge in [-0.05, 0) is 51.5 Å². The number of hydrogen-bond donors (Lipinski definition) is 2. The van der Waals surface area contributed by atoms with E-state index in [4.69, 9.17) is 9.84 Å². The van der Waals surface area contributed by atoms with Gasteiger partial charge in [0.05, 0.1) is 0 Å². The van der Waals surface area contributed by atoms with Gasteiger partial charge in [0.1, 0.15) is 5.60 Å². The smallest absolute Gasteiger partial charge is 0.412 e. The molecule has 1 rings (SSSR count). The van der Waals surface area contributed by atoms with Crippen LogP contribution in [0.5, 0.6) is 0 Å². The van der Waals surface area contributed by atoms with Crippen LogP contribution in [0.3, 0.4) is 0 Å². The summed E-state index contributed by atoms with van der Waals surface area (Å²) in [6.07, 6.45) is 0.888. The van der Waals surface area contributed by atoms with Crippen molar-refractivity contribution in [2.45, 2.75) is 39.2 Å². The highest BCUT2D eigenvalue weighted by Crippen LogP contribution is 2.12. The van der Waals surface area contributed by atoms with Crippen LogP contribution in [0.25, 0.3) is 0 Å². The molecule has 0 bridgehead atoms. The number of aliphatic hydroxyl groups excluding tert-OH is 1. The van der Waals surface area contributed by atoms with Gasteiger partial charge < -0.3 is 9.84 Å². The van der Waals surface area contributed by atoms with Gasteiger partial charge in [0.15, 0.2) is 0 Å². The minimum Gasteiger partial charge on any atom is -0.444 e. The number of rotatable bonds is 3. The number of nitrogens with one attached hydrogen (secondary N) is 1. The van der Waals surface area contributed by atoms with Crippen LogP contribution in [0, 0.1) is 11.8 Å². The maximum Gasteiger partial charge on any atom is 0.412 e. The average Bonchev–Trinajstić information content (AvgIpc) is 2.34. The Kier molecular flexibility index (Phi) is 6.08. The molecular weight excluding hydrogens is 254 g/mol. The van der Waals surface area contributed by atoms with Crippen LogP contribution >= 0.6 is 0 Å². The van der Waals surface area contributed by atoms with E-state index in [-0.39, 0.29) is 6.61 Å². The van der Waals surface area contributed by atoms with Crippen molar-refractivity contribution < 1.29 is 14.6 Å². The molecule has 0 aliphatic heterocycles. The summed E-state index contributed by atoms with van der Waals surface area (Å²) in [5, 5.41) is 11.3. The van der Waals surface area contributed by atoms with Crippen molar-refractivity contribution in [3.63, 3.8) is 0 Å². The molecule has 0 unspecified atom stereocenters. The molecule has 0 aromatic heterocycles. The lowest BCUT2D eigenvalue weighted by atomic mass is 10.2. The Morgan fingerprint density at radius 2 is 1.95 bits per heavy atom. The monoisotopic (exact) mass is 275 g/mol. The Bertz CT molecular complexity index is 489. The first-order chi connectivity index (χ1) is 9.40. The zero-order chi connectivity index (χ0) is 15.0. The summed E-state index contributed by atoms with van der Waals surface area (Å²) in [5.41, 5.74) is 1.03. The molecule has 0 aliphatic rings. The van der Waals surface area contributed by atoms with E-state index in [0.29, 0.717) is 18.5 Å². The molecule has 0 aliphatic carbocycles. The molecule has 0 radical (unpaired) electrons. The first kappa shape index (κ1) is 16.1. The predicted octanol–water partition coefficient (Wildman–Crippen LogP) is 3.16. The molecule has 0 fully saturated rings. The topological polar surface area (TPSA) is 58.6 Å². The Morgan fingerprint density at radius 3 is 2.50 bits per heavy atom. The number of carbonyl (C=O) groups is 1. The van der Waals surface area contributed by atoms with Crippen LogP contribution in [0.2, 0.25) is 0 Å². The third-order valence-corrected chi connectivity index (χ3v) is 2.22. The average molecular weight is 275 g/mol. The van der Waals surface area contributed by atoms with Crippen molar-refractivity contribution in [3.05, 3.63) is 29.8 Å². The first-order valence-electron chi connectivity index (χ1n) is 6.60. The van der Waals surface area contributed by atoms with Crippen molar-refractivity contribution in [1.29, 1.82) is 0 Å². The zero-order valence-electron chi connectivity index (χ0n) is 12.2. The number of unbranched alkanes of at least 4 members (excludes halogenated alkanes) is 1. The van der Waals surface area contributed by atoms with Crippen molar-refractivity contribution in [1.82, 2.24) is 0 Å². The van der Waals surface area contributed by atoms with Crippen LogP contribution in [0.15, 0.2) is 24.3 Å². The van der Waals surface area contributed by atoms with E-state index in [1.807, 2.05) is 32.9 Å². The SMILES string of the molecule is CC(C)(C)OC(=O)Nc1ccc(C#CCCCO)cc1. The fourth-order valence-corrected chi connectivity index (χ4v) is 1.39. The molecule has 4 heteroatoms. The number of anilines is 1. The van der Waals surface area contributed by atoms with Crippen molar-refractivity contribution in [3.8, 4) is 11.8 Å². The molecule has 1 aromatic carbocycles. The fraction of sp³-hybridized carbons (Fsp3) is 0.438. The summed E-state index contributed by atoms with van der Waals surface area (Å²) in [6, 6.07) is 7.22. The van der Waals surface area contributed by atoms with Gasteiger partial charge in [0.25, 0.3) is 0 Å². The van der Waals surface area contributed by atoms with E-state index in [2.05, 4.69) is 17.2 Å². The quantitative estimate of drug-likeness (QED) is 0.658. The molecular formula is C16H21NO3. The van der Waals surface area contributed by atoms with E-state index < -0.39 is 11.7 Å². The lowest BCUT2D eigenvalue weighted by molar-refractivity contribution is 0.0636. The van der Waals surface area contributed by atoms with E-state index in [1.54, 1.807) is 12.1 Å². The van der Waals surface area contributed by atoms with Crippen molar-refractivity contribution in [2.24, 2.45) is 0 Å². The zero-order valence-corrected chi connectivity index (χ0v) is 12.2. The maximum absolute atomic E-state index is 11.6. The number of benzene rings is 1. The second-order valence-electron chi connectivity index (χ2n) is 5.33. The maximum atomic E-state index is 11.6. The van der Waals surface area contributed by atoms with Gasteiger partial charge >= 0.3 is 6.09 Å². The van der Waals surface area contributed by atoms with Crippen LogP contribution in [0.1, 0.15) is 39.2 Å².